The van der Waals surface area contributed by atoms with E-state index in [9.17, 15) is 5.11 Å². The molecule has 1 saturated carbocycles. The van der Waals surface area contributed by atoms with Crippen molar-refractivity contribution in [3.63, 3.8) is 0 Å². The van der Waals surface area contributed by atoms with E-state index in [1.54, 1.807) is 6.33 Å². The first kappa shape index (κ1) is 13.5. The van der Waals surface area contributed by atoms with Crippen molar-refractivity contribution < 1.29 is 5.11 Å². The van der Waals surface area contributed by atoms with Gasteiger partial charge in [-0.2, -0.15) is 5.10 Å². The number of rotatable bonds is 6. The highest BCUT2D eigenvalue weighted by Crippen LogP contribution is 2.24. The van der Waals surface area contributed by atoms with E-state index in [4.69, 9.17) is 0 Å². The third kappa shape index (κ3) is 3.29. The molecule has 1 fully saturated rings. The Hall–Kier alpha value is -0.940. The molecule has 102 valence electrons. The molecule has 0 radical (unpaired) electrons. The summed E-state index contributed by atoms with van der Waals surface area (Å²) in [4.78, 5) is 4.30. The summed E-state index contributed by atoms with van der Waals surface area (Å²) in [5, 5.41) is 17.1. The zero-order valence-electron chi connectivity index (χ0n) is 11.2. The number of aromatic nitrogens is 3. The van der Waals surface area contributed by atoms with Crippen LogP contribution in [0.15, 0.2) is 6.33 Å². The number of aliphatic hydroxyl groups excluding tert-OH is 1. The Morgan fingerprint density at radius 2 is 2.28 bits per heavy atom. The molecule has 0 amide bonds. The maximum Gasteiger partial charge on any atom is 0.140 e. The van der Waals surface area contributed by atoms with Crippen LogP contribution in [-0.2, 0) is 13.1 Å². The average Bonchev–Trinajstić information content (AvgIpc) is 2.84. The average molecular weight is 252 g/mol. The standard InChI is InChI=1S/C13H24N4O/c1-2-7-17-13(15-10-16-17)8-14-12-6-4-3-5-11(12)9-18/h10-12,14,18H,2-9H2,1H3. The Bertz CT molecular complexity index is 353. The van der Waals surface area contributed by atoms with E-state index < -0.39 is 0 Å². The highest BCUT2D eigenvalue weighted by molar-refractivity contribution is 4.87. The summed E-state index contributed by atoms with van der Waals surface area (Å²) in [6.45, 7) is 4.10. The van der Waals surface area contributed by atoms with Gasteiger partial charge >= 0.3 is 0 Å². The van der Waals surface area contributed by atoms with Crippen molar-refractivity contribution >= 4 is 0 Å². The van der Waals surface area contributed by atoms with Crippen molar-refractivity contribution in [2.45, 2.75) is 58.2 Å². The van der Waals surface area contributed by atoms with Crippen LogP contribution in [0, 0.1) is 5.92 Å². The quantitative estimate of drug-likeness (QED) is 0.801. The van der Waals surface area contributed by atoms with E-state index in [1.807, 2.05) is 4.68 Å². The fourth-order valence-corrected chi connectivity index (χ4v) is 2.74. The van der Waals surface area contributed by atoms with Gasteiger partial charge in [-0.25, -0.2) is 9.67 Å². The van der Waals surface area contributed by atoms with Crippen LogP contribution in [-0.4, -0.2) is 32.5 Å². The first-order valence-corrected chi connectivity index (χ1v) is 7.06. The lowest BCUT2D eigenvalue weighted by atomic mass is 9.85. The molecule has 1 aliphatic rings. The van der Waals surface area contributed by atoms with Crippen LogP contribution >= 0.6 is 0 Å². The Morgan fingerprint density at radius 1 is 1.44 bits per heavy atom. The van der Waals surface area contributed by atoms with E-state index in [1.165, 1.54) is 12.8 Å². The minimum atomic E-state index is 0.291. The minimum absolute atomic E-state index is 0.291. The summed E-state index contributed by atoms with van der Waals surface area (Å²) in [6.07, 6.45) is 7.49. The van der Waals surface area contributed by atoms with Crippen molar-refractivity contribution in [1.29, 1.82) is 0 Å². The van der Waals surface area contributed by atoms with Gasteiger partial charge in [0.15, 0.2) is 0 Å². The molecule has 0 bridgehead atoms. The summed E-state index contributed by atoms with van der Waals surface area (Å²) in [5.74, 6) is 1.40. The van der Waals surface area contributed by atoms with Crippen LogP contribution < -0.4 is 5.32 Å². The van der Waals surface area contributed by atoms with Gasteiger partial charge in [-0.1, -0.05) is 19.8 Å². The number of hydrogen-bond acceptors (Lipinski definition) is 4. The van der Waals surface area contributed by atoms with Crippen LogP contribution in [0.3, 0.4) is 0 Å². The molecule has 1 heterocycles. The fraction of sp³-hybridized carbons (Fsp3) is 0.846. The molecule has 1 aliphatic carbocycles. The Morgan fingerprint density at radius 3 is 3.06 bits per heavy atom. The molecule has 5 nitrogen and oxygen atoms in total. The van der Waals surface area contributed by atoms with Crippen LogP contribution in [0.4, 0.5) is 0 Å². The van der Waals surface area contributed by atoms with Gasteiger partial charge in [-0.05, 0) is 25.2 Å². The van der Waals surface area contributed by atoms with Gasteiger partial charge < -0.3 is 10.4 Å². The van der Waals surface area contributed by atoms with Gasteiger partial charge in [0.25, 0.3) is 0 Å². The van der Waals surface area contributed by atoms with Gasteiger partial charge in [0.2, 0.25) is 0 Å². The highest BCUT2D eigenvalue weighted by Gasteiger charge is 2.24. The molecule has 1 aromatic heterocycles. The maximum atomic E-state index is 9.38. The van der Waals surface area contributed by atoms with Crippen LogP contribution in [0.1, 0.15) is 44.9 Å². The predicted octanol–water partition coefficient (Wildman–Crippen LogP) is 1.33. The summed E-state index contributed by atoms with van der Waals surface area (Å²) in [7, 11) is 0. The summed E-state index contributed by atoms with van der Waals surface area (Å²) in [6, 6.07) is 0.426. The van der Waals surface area contributed by atoms with Crippen molar-refractivity contribution in [2.75, 3.05) is 6.61 Å². The molecular formula is C13H24N4O. The monoisotopic (exact) mass is 252 g/mol. The number of aliphatic hydroxyl groups is 1. The second kappa shape index (κ2) is 6.85. The number of nitrogens with one attached hydrogen (secondary N) is 1. The number of hydrogen-bond donors (Lipinski definition) is 2. The van der Waals surface area contributed by atoms with Crippen molar-refractivity contribution in [2.24, 2.45) is 5.92 Å². The second-order valence-corrected chi connectivity index (χ2v) is 5.11. The topological polar surface area (TPSA) is 63.0 Å². The molecule has 2 N–H and O–H groups in total. The lowest BCUT2D eigenvalue weighted by Gasteiger charge is -2.30. The van der Waals surface area contributed by atoms with E-state index in [2.05, 4.69) is 22.3 Å². The van der Waals surface area contributed by atoms with Gasteiger partial charge in [0, 0.05) is 19.2 Å². The molecule has 0 saturated heterocycles. The zero-order valence-corrected chi connectivity index (χ0v) is 11.2. The van der Waals surface area contributed by atoms with E-state index in [-0.39, 0.29) is 0 Å². The lowest BCUT2D eigenvalue weighted by Crippen LogP contribution is -2.40. The number of aryl methyl sites for hydroxylation is 1. The molecule has 1 aromatic rings. The van der Waals surface area contributed by atoms with Crippen LogP contribution in [0.2, 0.25) is 0 Å². The summed E-state index contributed by atoms with van der Waals surface area (Å²) < 4.78 is 1.96. The van der Waals surface area contributed by atoms with Gasteiger partial charge in [-0.15, -0.1) is 0 Å². The zero-order chi connectivity index (χ0) is 12.8. The largest absolute Gasteiger partial charge is 0.396 e. The minimum Gasteiger partial charge on any atom is -0.396 e. The Labute approximate surface area is 109 Å². The molecule has 0 aromatic carbocycles. The van der Waals surface area contributed by atoms with Crippen molar-refractivity contribution in [3.8, 4) is 0 Å². The highest BCUT2D eigenvalue weighted by atomic mass is 16.3. The van der Waals surface area contributed by atoms with Gasteiger partial charge in [-0.3, -0.25) is 0 Å². The molecule has 0 aliphatic heterocycles. The fourth-order valence-electron chi connectivity index (χ4n) is 2.74. The SMILES string of the molecule is CCCn1ncnc1CNC1CCCCC1CO. The molecule has 2 atom stereocenters. The van der Waals surface area contributed by atoms with Gasteiger partial charge in [0.05, 0.1) is 6.54 Å². The van der Waals surface area contributed by atoms with Crippen LogP contribution in [0.25, 0.3) is 0 Å². The third-order valence-electron chi connectivity index (χ3n) is 3.80. The lowest BCUT2D eigenvalue weighted by molar-refractivity contribution is 0.151. The molecule has 18 heavy (non-hydrogen) atoms. The predicted molar refractivity (Wildman–Crippen MR) is 70.0 cm³/mol. The molecule has 2 unspecified atom stereocenters. The summed E-state index contributed by atoms with van der Waals surface area (Å²) >= 11 is 0. The van der Waals surface area contributed by atoms with Gasteiger partial charge in [0.1, 0.15) is 12.2 Å². The Kier molecular flexibility index (Phi) is 5.13. The molecular weight excluding hydrogens is 228 g/mol. The van der Waals surface area contributed by atoms with Crippen LogP contribution in [0.5, 0.6) is 0 Å². The number of nitrogens with zero attached hydrogens (tertiary/aromatic N) is 3. The van der Waals surface area contributed by atoms with E-state index >= 15 is 0 Å². The van der Waals surface area contributed by atoms with Crippen molar-refractivity contribution in [1.82, 2.24) is 20.1 Å². The second-order valence-electron chi connectivity index (χ2n) is 5.11. The molecule has 2 rings (SSSR count). The smallest absolute Gasteiger partial charge is 0.140 e. The first-order chi connectivity index (χ1) is 8.85. The van der Waals surface area contributed by atoms with E-state index in [0.717, 1.165) is 38.2 Å². The Balaban J connectivity index is 1.87. The molecule has 5 heteroatoms. The normalized spacial score (nSPS) is 24.3. The van der Waals surface area contributed by atoms with Crippen molar-refractivity contribution in [3.05, 3.63) is 12.2 Å². The maximum absolute atomic E-state index is 9.38. The first-order valence-electron chi connectivity index (χ1n) is 7.06. The third-order valence-corrected chi connectivity index (χ3v) is 3.80. The summed E-state index contributed by atoms with van der Waals surface area (Å²) in [5.41, 5.74) is 0. The molecule has 0 spiro atoms. The van der Waals surface area contributed by atoms with E-state index in [0.29, 0.717) is 18.6 Å².